The second-order valence-corrected chi connectivity index (χ2v) is 7.80. The van der Waals surface area contributed by atoms with Gasteiger partial charge in [-0.25, -0.2) is 4.98 Å². The molecule has 0 spiro atoms. The van der Waals surface area contributed by atoms with Crippen LogP contribution in [0.5, 0.6) is 0 Å². The summed E-state index contributed by atoms with van der Waals surface area (Å²) in [5.74, 6) is 0.221. The van der Waals surface area contributed by atoms with Crippen molar-refractivity contribution in [2.75, 3.05) is 29.8 Å². The van der Waals surface area contributed by atoms with E-state index in [0.717, 1.165) is 11.1 Å². The first-order valence-electron chi connectivity index (χ1n) is 7.73. The molecule has 25 heavy (non-hydrogen) atoms. The van der Waals surface area contributed by atoms with Crippen molar-refractivity contribution in [2.45, 2.75) is 13.8 Å². The van der Waals surface area contributed by atoms with Gasteiger partial charge in [-0.1, -0.05) is 0 Å². The summed E-state index contributed by atoms with van der Waals surface area (Å²) >= 11 is 0. The Labute approximate surface area is 146 Å². The highest BCUT2D eigenvalue weighted by Gasteiger charge is 2.35. The van der Waals surface area contributed by atoms with Gasteiger partial charge in [-0.2, -0.15) is 12.7 Å². The van der Waals surface area contributed by atoms with Gasteiger partial charge < -0.3 is 5.32 Å². The molecule has 9 heteroatoms. The topological polar surface area (TPSA) is 95.5 Å². The van der Waals surface area contributed by atoms with Crippen LogP contribution in [0.2, 0.25) is 0 Å². The molecular weight excluding hydrogens is 342 g/mol. The molecule has 0 atom stereocenters. The number of nitrogens with one attached hydrogen (secondary N) is 1. The third-order valence-corrected chi connectivity index (χ3v) is 5.92. The normalized spacial score (nSPS) is 16.8. The van der Waals surface area contributed by atoms with Gasteiger partial charge in [0.05, 0.1) is 11.4 Å². The molecule has 0 radical (unpaired) electrons. The van der Waals surface area contributed by atoms with Crippen LogP contribution in [0.15, 0.2) is 30.6 Å². The molecule has 1 fully saturated rings. The number of hydrogen-bond donors (Lipinski definition) is 1. The van der Waals surface area contributed by atoms with Crippen molar-refractivity contribution < 1.29 is 13.2 Å². The Bertz CT molecular complexity index is 929. The van der Waals surface area contributed by atoms with E-state index in [4.69, 9.17) is 0 Å². The molecule has 1 N–H and O–H groups in total. The lowest BCUT2D eigenvalue weighted by Crippen LogP contribution is -2.31. The summed E-state index contributed by atoms with van der Waals surface area (Å²) in [6, 6.07) is 5.31. The van der Waals surface area contributed by atoms with Crippen molar-refractivity contribution in [3.05, 3.63) is 36.3 Å². The first-order valence-corrected chi connectivity index (χ1v) is 9.13. The average molecular weight is 361 g/mol. The van der Waals surface area contributed by atoms with Crippen LogP contribution in [-0.4, -0.2) is 48.7 Å². The standard InChI is InChI=1S/C16H19N5O3S/c1-11-15(21-7-6-20(3)25(21,23)24)8-14(10-18-11)13-4-5-17-16(9-13)19-12(2)22/h4-5,8-10H,6-7H2,1-3H3,(H,17,19,22). The zero-order chi connectivity index (χ0) is 18.2. The Balaban J connectivity index is 2.02. The first-order chi connectivity index (χ1) is 11.8. The maximum absolute atomic E-state index is 12.4. The van der Waals surface area contributed by atoms with Crippen LogP contribution >= 0.6 is 0 Å². The van der Waals surface area contributed by atoms with Crippen LogP contribution in [0.25, 0.3) is 11.1 Å². The Morgan fingerprint density at radius 3 is 2.60 bits per heavy atom. The SMILES string of the molecule is CC(=O)Nc1cc(-c2cnc(C)c(N3CCN(C)S3(=O)=O)c2)ccn1. The minimum Gasteiger partial charge on any atom is -0.311 e. The van der Waals surface area contributed by atoms with Crippen LogP contribution in [-0.2, 0) is 15.0 Å². The van der Waals surface area contributed by atoms with Crippen molar-refractivity contribution >= 4 is 27.6 Å². The van der Waals surface area contributed by atoms with E-state index < -0.39 is 10.2 Å². The number of pyridine rings is 2. The first kappa shape index (κ1) is 17.3. The molecule has 1 saturated heterocycles. The van der Waals surface area contributed by atoms with Crippen molar-refractivity contribution in [3.63, 3.8) is 0 Å². The van der Waals surface area contributed by atoms with Gasteiger partial charge in [-0.05, 0) is 30.7 Å². The van der Waals surface area contributed by atoms with Crippen molar-refractivity contribution in [1.82, 2.24) is 14.3 Å². The molecule has 0 unspecified atom stereocenters. The van der Waals surface area contributed by atoms with E-state index in [2.05, 4.69) is 15.3 Å². The molecule has 1 aliphatic heterocycles. The highest BCUT2D eigenvalue weighted by atomic mass is 32.2. The van der Waals surface area contributed by atoms with E-state index >= 15 is 0 Å². The maximum Gasteiger partial charge on any atom is 0.303 e. The van der Waals surface area contributed by atoms with Crippen molar-refractivity contribution in [1.29, 1.82) is 0 Å². The highest BCUT2D eigenvalue weighted by molar-refractivity contribution is 7.90. The number of amides is 1. The van der Waals surface area contributed by atoms with E-state index in [9.17, 15) is 13.2 Å². The summed E-state index contributed by atoms with van der Waals surface area (Å²) in [5, 5.41) is 2.63. The Morgan fingerprint density at radius 1 is 1.20 bits per heavy atom. The van der Waals surface area contributed by atoms with Crippen LogP contribution in [0.1, 0.15) is 12.6 Å². The number of aryl methyl sites for hydroxylation is 1. The number of likely N-dealkylation sites (N-methyl/N-ethyl adjacent to an activating group) is 1. The smallest absolute Gasteiger partial charge is 0.303 e. The van der Waals surface area contributed by atoms with Gasteiger partial charge in [-0.3, -0.25) is 14.1 Å². The third-order valence-electron chi connectivity index (χ3n) is 4.02. The summed E-state index contributed by atoms with van der Waals surface area (Å²) in [6.45, 7) is 4.02. The lowest BCUT2D eigenvalue weighted by Gasteiger charge is -2.20. The van der Waals surface area contributed by atoms with Crippen LogP contribution in [0.3, 0.4) is 0 Å². The van der Waals surface area contributed by atoms with Gasteiger partial charge in [0, 0.05) is 45.0 Å². The zero-order valence-corrected chi connectivity index (χ0v) is 15.0. The summed E-state index contributed by atoms with van der Waals surface area (Å²) in [7, 11) is -1.95. The largest absolute Gasteiger partial charge is 0.311 e. The summed E-state index contributed by atoms with van der Waals surface area (Å²) in [4.78, 5) is 19.6. The van der Waals surface area contributed by atoms with E-state index in [1.807, 2.05) is 0 Å². The molecule has 3 heterocycles. The molecule has 0 saturated carbocycles. The number of anilines is 2. The number of aromatic nitrogens is 2. The molecule has 2 aromatic heterocycles. The number of nitrogens with zero attached hydrogens (tertiary/aromatic N) is 4. The minimum atomic E-state index is -3.51. The Kier molecular flexibility index (Phi) is 4.44. The summed E-state index contributed by atoms with van der Waals surface area (Å²) in [5.41, 5.74) is 2.73. The van der Waals surface area contributed by atoms with Gasteiger partial charge in [0.15, 0.2) is 0 Å². The number of hydrogen-bond acceptors (Lipinski definition) is 5. The fraction of sp³-hybridized carbons (Fsp3) is 0.312. The number of carbonyl (C=O) groups excluding carboxylic acids is 1. The molecule has 2 aromatic rings. The third kappa shape index (κ3) is 3.33. The monoisotopic (exact) mass is 361 g/mol. The van der Waals surface area contributed by atoms with Crippen LogP contribution in [0, 0.1) is 6.92 Å². The number of carbonyl (C=O) groups is 1. The second kappa shape index (κ2) is 6.41. The maximum atomic E-state index is 12.4. The molecule has 8 nitrogen and oxygen atoms in total. The van der Waals surface area contributed by atoms with Crippen molar-refractivity contribution in [3.8, 4) is 11.1 Å². The lowest BCUT2D eigenvalue weighted by atomic mass is 10.1. The summed E-state index contributed by atoms with van der Waals surface area (Å²) < 4.78 is 27.6. The van der Waals surface area contributed by atoms with Crippen LogP contribution < -0.4 is 9.62 Å². The van der Waals surface area contributed by atoms with Gasteiger partial charge in [0.25, 0.3) is 0 Å². The van der Waals surface area contributed by atoms with Gasteiger partial charge in [-0.15, -0.1) is 0 Å². The van der Waals surface area contributed by atoms with E-state index in [-0.39, 0.29) is 5.91 Å². The van der Waals surface area contributed by atoms with E-state index in [1.165, 1.54) is 15.5 Å². The molecule has 0 bridgehead atoms. The predicted octanol–water partition coefficient (Wildman–Crippen LogP) is 1.41. The quantitative estimate of drug-likeness (QED) is 0.892. The fourth-order valence-corrected chi connectivity index (χ4v) is 4.06. The van der Waals surface area contributed by atoms with Gasteiger partial charge >= 0.3 is 10.2 Å². The molecule has 0 aliphatic carbocycles. The lowest BCUT2D eigenvalue weighted by molar-refractivity contribution is -0.114. The zero-order valence-electron chi connectivity index (χ0n) is 14.2. The van der Waals surface area contributed by atoms with Crippen LogP contribution in [0.4, 0.5) is 11.5 Å². The average Bonchev–Trinajstić information content (AvgIpc) is 2.81. The predicted molar refractivity (Wildman–Crippen MR) is 95.4 cm³/mol. The Morgan fingerprint density at radius 2 is 1.96 bits per heavy atom. The van der Waals surface area contributed by atoms with Crippen molar-refractivity contribution in [2.24, 2.45) is 0 Å². The van der Waals surface area contributed by atoms with Gasteiger partial charge in [0.1, 0.15) is 5.82 Å². The molecule has 1 aliphatic rings. The molecule has 0 aromatic carbocycles. The molecule has 132 valence electrons. The van der Waals surface area contributed by atoms with E-state index in [1.54, 1.807) is 44.6 Å². The fourth-order valence-electron chi connectivity index (χ4n) is 2.67. The second-order valence-electron chi connectivity index (χ2n) is 5.84. The molecule has 3 rings (SSSR count). The summed E-state index contributed by atoms with van der Waals surface area (Å²) in [6.07, 6.45) is 3.26. The highest BCUT2D eigenvalue weighted by Crippen LogP contribution is 2.31. The number of rotatable bonds is 3. The Hall–Kier alpha value is -2.52. The molecule has 1 amide bonds. The minimum absolute atomic E-state index is 0.210. The molecular formula is C16H19N5O3S. The van der Waals surface area contributed by atoms with E-state index in [0.29, 0.717) is 30.3 Å². The van der Waals surface area contributed by atoms with Gasteiger partial charge in [0.2, 0.25) is 5.91 Å².